The fourth-order valence-corrected chi connectivity index (χ4v) is 1.59. The zero-order valence-corrected chi connectivity index (χ0v) is 10.7. The highest BCUT2D eigenvalue weighted by Gasteiger charge is 2.01. The van der Waals surface area contributed by atoms with Gasteiger partial charge in [0.05, 0.1) is 11.1 Å². The number of carbonyl (C=O) groups excluding carboxylic acids is 1. The van der Waals surface area contributed by atoms with E-state index in [0.717, 1.165) is 12.8 Å². The van der Waals surface area contributed by atoms with Gasteiger partial charge in [-0.05, 0) is 53.9 Å². The number of rotatable bonds is 6. The summed E-state index contributed by atoms with van der Waals surface area (Å²) in [5.41, 5.74) is 0. The molecule has 0 aromatic heterocycles. The van der Waals surface area contributed by atoms with Gasteiger partial charge in [0.2, 0.25) is 0 Å². The molecule has 0 unspecified atom stereocenters. The molecule has 0 spiro atoms. The first kappa shape index (κ1) is 13.2. The van der Waals surface area contributed by atoms with E-state index in [1.807, 2.05) is 0 Å². The Labute approximate surface area is 103 Å². The van der Waals surface area contributed by atoms with Crippen molar-refractivity contribution < 1.29 is 13.9 Å². The normalized spacial score (nSPS) is 10.2. The first-order valence-electron chi connectivity index (χ1n) is 5.17. The lowest BCUT2D eigenvalue weighted by Crippen LogP contribution is -1.99. The van der Waals surface area contributed by atoms with E-state index >= 15 is 0 Å². The van der Waals surface area contributed by atoms with Gasteiger partial charge in [-0.1, -0.05) is 0 Å². The van der Waals surface area contributed by atoms with Crippen molar-refractivity contribution in [3.63, 3.8) is 0 Å². The van der Waals surface area contributed by atoms with Crippen molar-refractivity contribution in [1.29, 1.82) is 0 Å². The SMILES string of the molecule is CC(=O)CCCCOc1ccc(F)c(Br)c1. The van der Waals surface area contributed by atoms with E-state index in [-0.39, 0.29) is 11.6 Å². The van der Waals surface area contributed by atoms with Crippen molar-refractivity contribution in [2.45, 2.75) is 26.2 Å². The summed E-state index contributed by atoms with van der Waals surface area (Å²) in [6, 6.07) is 4.54. The molecule has 0 saturated heterocycles. The summed E-state index contributed by atoms with van der Waals surface area (Å²) in [5.74, 6) is 0.532. The summed E-state index contributed by atoms with van der Waals surface area (Å²) in [6.07, 6.45) is 2.25. The third kappa shape index (κ3) is 4.75. The van der Waals surface area contributed by atoms with Gasteiger partial charge < -0.3 is 9.53 Å². The number of unbranched alkanes of at least 4 members (excludes halogenated alkanes) is 1. The maximum Gasteiger partial charge on any atom is 0.137 e. The number of hydrogen-bond acceptors (Lipinski definition) is 2. The van der Waals surface area contributed by atoms with Crippen LogP contribution in [0, 0.1) is 5.82 Å². The Hall–Kier alpha value is -0.900. The number of benzene rings is 1. The molecule has 1 aromatic carbocycles. The maximum absolute atomic E-state index is 12.9. The molecule has 0 fully saturated rings. The van der Waals surface area contributed by atoms with Crippen molar-refractivity contribution in [2.24, 2.45) is 0 Å². The van der Waals surface area contributed by atoms with E-state index in [0.29, 0.717) is 23.2 Å². The number of carbonyl (C=O) groups is 1. The Morgan fingerprint density at radius 3 is 2.81 bits per heavy atom. The zero-order valence-electron chi connectivity index (χ0n) is 9.13. The molecule has 16 heavy (non-hydrogen) atoms. The van der Waals surface area contributed by atoms with Crippen LogP contribution in [0.3, 0.4) is 0 Å². The van der Waals surface area contributed by atoms with Gasteiger partial charge in [0, 0.05) is 6.42 Å². The Kier molecular flexibility index (Phi) is 5.46. The molecule has 0 radical (unpaired) electrons. The van der Waals surface area contributed by atoms with E-state index < -0.39 is 0 Å². The summed E-state index contributed by atoms with van der Waals surface area (Å²) in [6.45, 7) is 2.13. The molecule has 0 aliphatic rings. The Morgan fingerprint density at radius 1 is 1.44 bits per heavy atom. The molecule has 1 aromatic rings. The summed E-state index contributed by atoms with van der Waals surface area (Å²) in [4.78, 5) is 10.7. The summed E-state index contributed by atoms with van der Waals surface area (Å²) >= 11 is 3.09. The molecule has 88 valence electrons. The molecular weight excluding hydrogens is 275 g/mol. The number of ketones is 1. The van der Waals surface area contributed by atoms with E-state index in [9.17, 15) is 9.18 Å². The lowest BCUT2D eigenvalue weighted by molar-refractivity contribution is -0.117. The summed E-state index contributed by atoms with van der Waals surface area (Å²) in [5, 5.41) is 0. The van der Waals surface area contributed by atoms with Gasteiger partial charge in [0.15, 0.2) is 0 Å². The van der Waals surface area contributed by atoms with Crippen LogP contribution in [-0.2, 0) is 4.79 Å². The second kappa shape index (κ2) is 6.63. The number of halogens is 2. The number of hydrogen-bond donors (Lipinski definition) is 0. The van der Waals surface area contributed by atoms with Gasteiger partial charge in [-0.3, -0.25) is 0 Å². The average molecular weight is 289 g/mol. The molecule has 0 saturated carbocycles. The minimum atomic E-state index is -0.302. The second-order valence-corrected chi connectivity index (χ2v) is 4.44. The smallest absolute Gasteiger partial charge is 0.137 e. The molecule has 4 heteroatoms. The number of Topliss-reactive ketones (excluding diaryl/α,β-unsaturated/α-hetero) is 1. The second-order valence-electron chi connectivity index (χ2n) is 3.58. The predicted octanol–water partition coefficient (Wildman–Crippen LogP) is 3.73. The topological polar surface area (TPSA) is 26.3 Å². The van der Waals surface area contributed by atoms with Crippen LogP contribution in [0.2, 0.25) is 0 Å². The molecule has 1 rings (SSSR count). The third-order valence-electron chi connectivity index (χ3n) is 2.08. The van der Waals surface area contributed by atoms with E-state index in [4.69, 9.17) is 4.74 Å². The Morgan fingerprint density at radius 2 is 2.19 bits per heavy atom. The average Bonchev–Trinajstić information content (AvgIpc) is 2.22. The zero-order chi connectivity index (χ0) is 12.0. The first-order chi connectivity index (χ1) is 7.59. The molecule has 2 nitrogen and oxygen atoms in total. The van der Waals surface area contributed by atoms with Crippen molar-refractivity contribution in [2.75, 3.05) is 6.61 Å². The van der Waals surface area contributed by atoms with Gasteiger partial charge in [-0.15, -0.1) is 0 Å². The molecule has 0 aliphatic carbocycles. The van der Waals surface area contributed by atoms with Gasteiger partial charge >= 0.3 is 0 Å². The van der Waals surface area contributed by atoms with Crippen LogP contribution in [0.15, 0.2) is 22.7 Å². The first-order valence-corrected chi connectivity index (χ1v) is 5.96. The minimum absolute atomic E-state index is 0.199. The fourth-order valence-electron chi connectivity index (χ4n) is 1.23. The van der Waals surface area contributed by atoms with Crippen molar-refractivity contribution in [1.82, 2.24) is 0 Å². The predicted molar refractivity (Wildman–Crippen MR) is 64.1 cm³/mol. The molecule has 0 atom stereocenters. The monoisotopic (exact) mass is 288 g/mol. The van der Waals surface area contributed by atoms with Crippen LogP contribution >= 0.6 is 15.9 Å². The molecule has 0 bridgehead atoms. The third-order valence-corrected chi connectivity index (χ3v) is 2.69. The Bertz CT molecular complexity index is 366. The van der Waals surface area contributed by atoms with Crippen LogP contribution in [-0.4, -0.2) is 12.4 Å². The largest absolute Gasteiger partial charge is 0.494 e. The standard InChI is InChI=1S/C12H14BrFO2/c1-9(15)4-2-3-7-16-10-5-6-12(14)11(13)8-10/h5-6,8H,2-4,7H2,1H3. The molecule has 0 heterocycles. The lowest BCUT2D eigenvalue weighted by atomic mass is 10.2. The number of ether oxygens (including phenoxy) is 1. The molecule has 0 amide bonds. The van der Waals surface area contributed by atoms with Crippen molar-refractivity contribution in [3.05, 3.63) is 28.5 Å². The lowest BCUT2D eigenvalue weighted by Gasteiger charge is -2.06. The van der Waals surface area contributed by atoms with E-state index in [1.54, 1.807) is 19.1 Å². The molecule has 0 N–H and O–H groups in total. The van der Waals surface area contributed by atoms with Crippen molar-refractivity contribution >= 4 is 21.7 Å². The summed E-state index contributed by atoms with van der Waals surface area (Å²) in [7, 11) is 0. The minimum Gasteiger partial charge on any atom is -0.494 e. The highest BCUT2D eigenvalue weighted by molar-refractivity contribution is 9.10. The molecular formula is C12H14BrFO2. The highest BCUT2D eigenvalue weighted by Crippen LogP contribution is 2.21. The highest BCUT2D eigenvalue weighted by atomic mass is 79.9. The molecule has 0 aliphatic heterocycles. The van der Waals surface area contributed by atoms with Crippen LogP contribution in [0.1, 0.15) is 26.2 Å². The van der Waals surface area contributed by atoms with Gasteiger partial charge in [-0.2, -0.15) is 0 Å². The Balaban J connectivity index is 2.27. The van der Waals surface area contributed by atoms with Gasteiger partial charge in [-0.25, -0.2) is 4.39 Å². The fraction of sp³-hybridized carbons (Fsp3) is 0.417. The van der Waals surface area contributed by atoms with Crippen LogP contribution in [0.4, 0.5) is 4.39 Å². The van der Waals surface area contributed by atoms with Crippen LogP contribution in [0.25, 0.3) is 0 Å². The van der Waals surface area contributed by atoms with Crippen LogP contribution < -0.4 is 4.74 Å². The quantitative estimate of drug-likeness (QED) is 0.746. The van der Waals surface area contributed by atoms with Gasteiger partial charge in [0.25, 0.3) is 0 Å². The van der Waals surface area contributed by atoms with Crippen molar-refractivity contribution in [3.8, 4) is 5.75 Å². The van der Waals surface area contributed by atoms with Gasteiger partial charge in [0.1, 0.15) is 17.3 Å². The van der Waals surface area contributed by atoms with Crippen LogP contribution in [0.5, 0.6) is 5.75 Å². The summed E-state index contributed by atoms with van der Waals surface area (Å²) < 4.78 is 18.7. The van der Waals surface area contributed by atoms with E-state index in [1.165, 1.54) is 6.07 Å². The maximum atomic E-state index is 12.9. The van der Waals surface area contributed by atoms with E-state index in [2.05, 4.69) is 15.9 Å².